The van der Waals surface area contributed by atoms with Gasteiger partial charge in [0.25, 0.3) is 0 Å². The molecule has 0 radical (unpaired) electrons. The van der Waals surface area contributed by atoms with Gasteiger partial charge in [-0.05, 0) is 58.6 Å². The van der Waals surface area contributed by atoms with Crippen LogP contribution in [0.2, 0.25) is 0 Å². The van der Waals surface area contributed by atoms with E-state index < -0.39 is 0 Å². The first-order chi connectivity index (χ1) is 8.08. The fourth-order valence-electron chi connectivity index (χ4n) is 1.78. The van der Waals surface area contributed by atoms with Crippen LogP contribution in [0, 0.1) is 12.7 Å². The third-order valence-corrected chi connectivity index (χ3v) is 3.44. The first kappa shape index (κ1) is 12.3. The Kier molecular flexibility index (Phi) is 3.64. The lowest BCUT2D eigenvalue weighted by atomic mass is 9.98. The van der Waals surface area contributed by atoms with Gasteiger partial charge in [-0.3, -0.25) is 0 Å². The molecule has 0 amide bonds. The maximum absolute atomic E-state index is 13.2. The zero-order valence-corrected chi connectivity index (χ0v) is 11.0. The minimum Gasteiger partial charge on any atom is -0.457 e. The van der Waals surface area contributed by atoms with E-state index in [0.717, 1.165) is 16.7 Å². The summed E-state index contributed by atoms with van der Waals surface area (Å²) in [5, 5.41) is 0. The molecule has 0 saturated heterocycles. The Balaban J connectivity index is 2.21. The predicted octanol–water partition coefficient (Wildman–Crippen LogP) is 3.73. The zero-order chi connectivity index (χ0) is 12.4. The highest BCUT2D eigenvalue weighted by molar-refractivity contribution is 9.10. The van der Waals surface area contributed by atoms with Crippen LogP contribution >= 0.6 is 15.9 Å². The van der Waals surface area contributed by atoms with Gasteiger partial charge in [-0.1, -0.05) is 6.07 Å². The summed E-state index contributed by atoms with van der Waals surface area (Å²) in [4.78, 5) is 0. The van der Waals surface area contributed by atoms with Crippen molar-refractivity contribution in [3.8, 4) is 0 Å². The summed E-state index contributed by atoms with van der Waals surface area (Å²) in [7, 11) is 0. The van der Waals surface area contributed by atoms with Gasteiger partial charge in [-0.15, -0.1) is 0 Å². The number of nitrogens with two attached hydrogens (primary N) is 1. The molecular formula is C13H13BrFNO. The maximum Gasteiger partial charge on any atom is 0.173 e. The number of halogens is 2. The number of rotatable bonds is 3. The van der Waals surface area contributed by atoms with Crippen molar-refractivity contribution in [2.45, 2.75) is 19.4 Å². The van der Waals surface area contributed by atoms with Gasteiger partial charge in [-0.25, -0.2) is 4.39 Å². The Morgan fingerprint density at radius 2 is 2.18 bits per heavy atom. The van der Waals surface area contributed by atoms with Crippen LogP contribution in [0.15, 0.2) is 39.6 Å². The highest BCUT2D eigenvalue weighted by Gasteiger charge is 2.14. The fourth-order valence-corrected chi connectivity index (χ4v) is 2.31. The minimum absolute atomic E-state index is 0.205. The van der Waals surface area contributed by atoms with Gasteiger partial charge in [-0.2, -0.15) is 0 Å². The normalized spacial score (nSPS) is 12.7. The van der Waals surface area contributed by atoms with Crippen molar-refractivity contribution in [2.24, 2.45) is 5.73 Å². The third kappa shape index (κ3) is 2.76. The molecule has 1 aromatic heterocycles. The number of aryl methyl sites for hydroxylation is 1. The number of furan rings is 1. The van der Waals surface area contributed by atoms with Crippen molar-refractivity contribution in [2.75, 3.05) is 0 Å². The molecule has 4 heteroatoms. The van der Waals surface area contributed by atoms with Gasteiger partial charge in [0.15, 0.2) is 4.67 Å². The molecule has 1 atom stereocenters. The summed E-state index contributed by atoms with van der Waals surface area (Å²) in [6.07, 6.45) is 2.17. The summed E-state index contributed by atoms with van der Waals surface area (Å²) < 4.78 is 18.9. The van der Waals surface area contributed by atoms with E-state index in [1.165, 1.54) is 12.1 Å². The number of hydrogen-bond donors (Lipinski definition) is 1. The Labute approximate surface area is 108 Å². The first-order valence-corrected chi connectivity index (χ1v) is 6.10. The lowest BCUT2D eigenvalue weighted by molar-refractivity contribution is 0.530. The molecule has 1 aromatic carbocycles. The molecule has 1 heterocycles. The Morgan fingerprint density at radius 3 is 2.82 bits per heavy atom. The smallest absolute Gasteiger partial charge is 0.173 e. The molecule has 2 rings (SSSR count). The molecule has 0 bridgehead atoms. The van der Waals surface area contributed by atoms with Crippen molar-refractivity contribution in [3.63, 3.8) is 0 Å². The SMILES string of the molecule is Cc1ccc(F)cc1CC(N)c1ccoc1Br. The van der Waals surface area contributed by atoms with Gasteiger partial charge in [0, 0.05) is 11.6 Å². The second kappa shape index (κ2) is 5.02. The van der Waals surface area contributed by atoms with Crippen molar-refractivity contribution < 1.29 is 8.81 Å². The number of benzene rings is 1. The van der Waals surface area contributed by atoms with Crippen molar-refractivity contribution >= 4 is 15.9 Å². The van der Waals surface area contributed by atoms with Crippen LogP contribution in [0.1, 0.15) is 22.7 Å². The Bertz CT molecular complexity index is 524. The van der Waals surface area contributed by atoms with Crippen LogP contribution in [0.4, 0.5) is 4.39 Å². The average Bonchev–Trinajstić information content (AvgIpc) is 2.70. The largest absolute Gasteiger partial charge is 0.457 e. The molecule has 0 fully saturated rings. The van der Waals surface area contributed by atoms with Gasteiger partial charge >= 0.3 is 0 Å². The number of hydrogen-bond acceptors (Lipinski definition) is 2. The average molecular weight is 298 g/mol. The summed E-state index contributed by atoms with van der Waals surface area (Å²) in [5.74, 6) is -0.232. The molecule has 90 valence electrons. The van der Waals surface area contributed by atoms with E-state index in [4.69, 9.17) is 10.2 Å². The lowest BCUT2D eigenvalue weighted by Crippen LogP contribution is -2.13. The van der Waals surface area contributed by atoms with E-state index in [1.807, 2.05) is 13.0 Å². The van der Waals surface area contributed by atoms with E-state index in [9.17, 15) is 4.39 Å². The topological polar surface area (TPSA) is 39.2 Å². The zero-order valence-electron chi connectivity index (χ0n) is 9.41. The molecule has 2 nitrogen and oxygen atoms in total. The second-order valence-corrected chi connectivity index (χ2v) is 4.75. The summed E-state index contributed by atoms with van der Waals surface area (Å²) in [6.45, 7) is 1.95. The van der Waals surface area contributed by atoms with Crippen LogP contribution in [0.3, 0.4) is 0 Å². The van der Waals surface area contributed by atoms with Crippen LogP contribution in [-0.4, -0.2) is 0 Å². The van der Waals surface area contributed by atoms with Crippen molar-refractivity contribution in [3.05, 3.63) is 57.7 Å². The Hall–Kier alpha value is -1.13. The molecule has 2 aromatic rings. The first-order valence-electron chi connectivity index (χ1n) is 5.31. The molecule has 0 saturated carbocycles. The van der Waals surface area contributed by atoms with Crippen LogP contribution in [0.25, 0.3) is 0 Å². The molecule has 0 spiro atoms. The highest BCUT2D eigenvalue weighted by atomic mass is 79.9. The van der Waals surface area contributed by atoms with E-state index in [1.54, 1.807) is 12.3 Å². The molecule has 0 aliphatic carbocycles. The quantitative estimate of drug-likeness (QED) is 0.937. The van der Waals surface area contributed by atoms with E-state index in [-0.39, 0.29) is 11.9 Å². The van der Waals surface area contributed by atoms with Crippen LogP contribution < -0.4 is 5.73 Å². The van der Waals surface area contributed by atoms with Crippen molar-refractivity contribution in [1.29, 1.82) is 0 Å². The molecule has 2 N–H and O–H groups in total. The molecule has 17 heavy (non-hydrogen) atoms. The minimum atomic E-state index is -0.232. The molecule has 0 aliphatic rings. The highest BCUT2D eigenvalue weighted by Crippen LogP contribution is 2.26. The Morgan fingerprint density at radius 1 is 1.41 bits per heavy atom. The molecular weight excluding hydrogens is 285 g/mol. The van der Waals surface area contributed by atoms with Gasteiger partial charge in [0.05, 0.1) is 6.26 Å². The van der Waals surface area contributed by atoms with Crippen molar-refractivity contribution in [1.82, 2.24) is 0 Å². The monoisotopic (exact) mass is 297 g/mol. The van der Waals surface area contributed by atoms with Gasteiger partial charge in [0.1, 0.15) is 5.82 Å². The third-order valence-electron chi connectivity index (χ3n) is 2.80. The maximum atomic E-state index is 13.2. The summed E-state index contributed by atoms with van der Waals surface area (Å²) >= 11 is 3.29. The second-order valence-electron chi connectivity index (χ2n) is 4.03. The van der Waals surface area contributed by atoms with Crippen LogP contribution in [-0.2, 0) is 6.42 Å². The van der Waals surface area contributed by atoms with E-state index in [0.29, 0.717) is 11.1 Å². The fraction of sp³-hybridized carbons (Fsp3) is 0.231. The van der Waals surface area contributed by atoms with Gasteiger partial charge in [0.2, 0.25) is 0 Å². The predicted molar refractivity (Wildman–Crippen MR) is 68.2 cm³/mol. The standard InChI is InChI=1S/C13H13BrFNO/c1-8-2-3-10(15)6-9(8)7-12(16)11-4-5-17-13(11)14/h2-6,12H,7,16H2,1H3. The van der Waals surface area contributed by atoms with E-state index >= 15 is 0 Å². The summed E-state index contributed by atoms with van der Waals surface area (Å²) in [6, 6.07) is 6.37. The van der Waals surface area contributed by atoms with E-state index in [2.05, 4.69) is 15.9 Å². The lowest BCUT2D eigenvalue weighted by Gasteiger charge is -2.12. The summed E-state index contributed by atoms with van der Waals surface area (Å²) in [5.41, 5.74) is 8.94. The molecule has 0 aliphatic heterocycles. The van der Waals surface area contributed by atoms with Gasteiger partial charge < -0.3 is 10.2 Å². The van der Waals surface area contributed by atoms with Crippen LogP contribution in [0.5, 0.6) is 0 Å². The molecule has 1 unspecified atom stereocenters.